The normalized spacial score (nSPS) is 28.2. The molecular formula is C70H133NO18. The van der Waals surface area contributed by atoms with Gasteiger partial charge in [-0.25, -0.2) is 0 Å². The number of carbonyl (C=O) groups excluding carboxylic acids is 1. The van der Waals surface area contributed by atoms with E-state index in [9.17, 15) is 61.0 Å². The fourth-order valence-corrected chi connectivity index (χ4v) is 12.7. The molecule has 0 aromatic carbocycles. The summed E-state index contributed by atoms with van der Waals surface area (Å²) in [6, 6.07) is -0.965. The van der Waals surface area contributed by atoms with Crippen LogP contribution in [0, 0.1) is 0 Å². The summed E-state index contributed by atoms with van der Waals surface area (Å²) in [5.41, 5.74) is 0. The first-order valence-corrected chi connectivity index (χ1v) is 36.4. The highest BCUT2D eigenvalue weighted by Gasteiger charge is 2.53. The molecule has 3 saturated heterocycles. The van der Waals surface area contributed by atoms with Crippen molar-refractivity contribution in [1.29, 1.82) is 0 Å². The van der Waals surface area contributed by atoms with Crippen LogP contribution in [0.1, 0.15) is 296 Å². The average Bonchev–Trinajstić information content (AvgIpc) is 1.58. The van der Waals surface area contributed by atoms with Crippen molar-refractivity contribution < 1.29 is 89.4 Å². The summed E-state index contributed by atoms with van der Waals surface area (Å²) in [5.74, 6) is -0.277. The number of aliphatic hydroxyl groups excluding tert-OH is 11. The van der Waals surface area contributed by atoms with E-state index in [-0.39, 0.29) is 18.9 Å². The quantitative estimate of drug-likeness (QED) is 0.0199. The lowest BCUT2D eigenvalue weighted by atomic mass is 9.96. The van der Waals surface area contributed by atoms with Crippen molar-refractivity contribution in [2.75, 3.05) is 26.4 Å². The van der Waals surface area contributed by atoms with E-state index >= 15 is 0 Å². The Bertz CT molecular complexity index is 1670. The number of rotatable bonds is 57. The molecule has 17 atom stereocenters. The zero-order valence-corrected chi connectivity index (χ0v) is 55.7. The molecule has 0 saturated carbocycles. The topological polar surface area (TPSA) is 307 Å². The minimum Gasteiger partial charge on any atom is -0.394 e. The van der Waals surface area contributed by atoms with Crippen molar-refractivity contribution in [2.45, 2.75) is 401 Å². The van der Waals surface area contributed by atoms with Crippen molar-refractivity contribution in [3.8, 4) is 0 Å². The van der Waals surface area contributed by atoms with Gasteiger partial charge in [-0.1, -0.05) is 283 Å². The molecule has 526 valence electrons. The molecule has 3 aliphatic rings. The Morgan fingerprint density at radius 3 is 1.06 bits per heavy atom. The van der Waals surface area contributed by atoms with Crippen LogP contribution in [0.25, 0.3) is 0 Å². The van der Waals surface area contributed by atoms with Gasteiger partial charge in [0.1, 0.15) is 73.2 Å². The number of carbonyl (C=O) groups is 1. The molecule has 3 fully saturated rings. The second kappa shape index (κ2) is 52.8. The second-order valence-electron chi connectivity index (χ2n) is 26.4. The maximum atomic E-state index is 13.2. The lowest BCUT2D eigenvalue weighted by molar-refractivity contribution is -0.379. The summed E-state index contributed by atoms with van der Waals surface area (Å²) in [7, 11) is 0. The Hall–Kier alpha value is -1.47. The van der Waals surface area contributed by atoms with Crippen molar-refractivity contribution in [1.82, 2.24) is 5.32 Å². The first-order valence-electron chi connectivity index (χ1n) is 36.4. The third-order valence-electron chi connectivity index (χ3n) is 18.6. The predicted octanol–water partition coefficient (Wildman–Crippen LogP) is 10.1. The predicted molar refractivity (Wildman–Crippen MR) is 347 cm³/mol. The Kier molecular flexibility index (Phi) is 48.5. The van der Waals surface area contributed by atoms with Crippen molar-refractivity contribution in [2.24, 2.45) is 0 Å². The van der Waals surface area contributed by atoms with Gasteiger partial charge in [-0.15, -0.1) is 0 Å². The van der Waals surface area contributed by atoms with E-state index < -0.39 is 124 Å². The van der Waals surface area contributed by atoms with Crippen LogP contribution in [0.2, 0.25) is 0 Å². The molecule has 17 unspecified atom stereocenters. The molecule has 3 rings (SSSR count). The van der Waals surface area contributed by atoms with Crippen LogP contribution >= 0.6 is 0 Å². The molecule has 19 nitrogen and oxygen atoms in total. The molecule has 12 N–H and O–H groups in total. The highest BCUT2D eigenvalue weighted by atomic mass is 16.8. The van der Waals surface area contributed by atoms with E-state index in [0.29, 0.717) is 6.42 Å². The molecule has 3 heterocycles. The summed E-state index contributed by atoms with van der Waals surface area (Å²) in [4.78, 5) is 13.2. The summed E-state index contributed by atoms with van der Waals surface area (Å²) in [5, 5.41) is 120. The number of amides is 1. The van der Waals surface area contributed by atoms with Gasteiger partial charge in [0.15, 0.2) is 18.9 Å². The molecule has 19 heteroatoms. The maximum absolute atomic E-state index is 13.2. The zero-order chi connectivity index (χ0) is 64.7. The van der Waals surface area contributed by atoms with Gasteiger partial charge in [0, 0.05) is 6.42 Å². The van der Waals surface area contributed by atoms with Gasteiger partial charge in [-0.2, -0.15) is 0 Å². The second-order valence-corrected chi connectivity index (χ2v) is 26.4. The molecule has 0 aliphatic carbocycles. The van der Waals surface area contributed by atoms with Crippen LogP contribution in [0.4, 0.5) is 0 Å². The Labute approximate surface area is 537 Å². The zero-order valence-electron chi connectivity index (χ0n) is 55.7. The van der Waals surface area contributed by atoms with E-state index in [4.69, 9.17) is 28.4 Å². The van der Waals surface area contributed by atoms with Gasteiger partial charge >= 0.3 is 0 Å². The fourth-order valence-electron chi connectivity index (χ4n) is 12.7. The van der Waals surface area contributed by atoms with Gasteiger partial charge in [0.2, 0.25) is 5.91 Å². The summed E-state index contributed by atoms with van der Waals surface area (Å²) in [6.45, 7) is 1.63. The van der Waals surface area contributed by atoms with Crippen LogP contribution in [0.15, 0.2) is 12.2 Å². The van der Waals surface area contributed by atoms with E-state index in [0.717, 1.165) is 44.9 Å². The van der Waals surface area contributed by atoms with Crippen LogP contribution in [-0.2, 0) is 33.2 Å². The van der Waals surface area contributed by atoms with Crippen LogP contribution in [-0.4, -0.2) is 193 Å². The molecule has 3 aliphatic heterocycles. The van der Waals surface area contributed by atoms with Crippen molar-refractivity contribution in [3.63, 3.8) is 0 Å². The Morgan fingerprint density at radius 1 is 0.393 bits per heavy atom. The third-order valence-corrected chi connectivity index (χ3v) is 18.6. The van der Waals surface area contributed by atoms with Gasteiger partial charge in [0.25, 0.3) is 0 Å². The van der Waals surface area contributed by atoms with E-state index in [2.05, 4.69) is 19.2 Å². The number of nitrogens with one attached hydrogen (secondary N) is 1. The fraction of sp³-hybridized carbons (Fsp3) is 0.957. The number of hydrogen-bond acceptors (Lipinski definition) is 18. The van der Waals surface area contributed by atoms with Crippen LogP contribution in [0.3, 0.4) is 0 Å². The maximum Gasteiger partial charge on any atom is 0.220 e. The van der Waals surface area contributed by atoms with E-state index in [1.54, 1.807) is 6.08 Å². The molecule has 0 aromatic rings. The molecule has 0 radical (unpaired) electrons. The monoisotopic (exact) mass is 1280 g/mol. The van der Waals surface area contributed by atoms with Crippen LogP contribution in [0.5, 0.6) is 0 Å². The largest absolute Gasteiger partial charge is 0.394 e. The number of hydrogen-bond donors (Lipinski definition) is 12. The number of allylic oxidation sites excluding steroid dienone is 1. The number of aliphatic hydroxyl groups is 11. The van der Waals surface area contributed by atoms with Gasteiger partial charge in [-0.05, 0) is 19.3 Å². The van der Waals surface area contributed by atoms with Gasteiger partial charge in [0.05, 0.1) is 38.6 Å². The minimum atomic E-state index is -1.97. The lowest BCUT2D eigenvalue weighted by Crippen LogP contribution is -2.66. The summed E-state index contributed by atoms with van der Waals surface area (Å²) in [6.07, 6.45) is 33.4. The highest BCUT2D eigenvalue weighted by molar-refractivity contribution is 5.76. The Morgan fingerprint density at radius 2 is 0.697 bits per heavy atom. The summed E-state index contributed by atoms with van der Waals surface area (Å²) < 4.78 is 34.1. The molecule has 1 amide bonds. The molecular weight excluding hydrogens is 1140 g/mol. The van der Waals surface area contributed by atoms with E-state index in [1.807, 2.05) is 6.08 Å². The molecule has 0 bridgehead atoms. The van der Waals surface area contributed by atoms with E-state index in [1.165, 1.54) is 225 Å². The Balaban J connectivity index is 1.20. The van der Waals surface area contributed by atoms with Crippen molar-refractivity contribution in [3.05, 3.63) is 12.2 Å². The van der Waals surface area contributed by atoms with Gasteiger partial charge in [-0.3, -0.25) is 4.79 Å². The number of unbranched alkanes of at least 4 members (excludes halogenated alkanes) is 41. The minimum absolute atomic E-state index is 0.248. The number of ether oxygens (including phenoxy) is 6. The first kappa shape index (κ1) is 81.8. The standard InChI is InChI=1S/C70H133NO18/c1-3-5-7-9-10-11-12-13-14-15-16-17-18-19-20-21-22-23-24-25-26-27-28-29-30-31-32-33-34-35-36-37-38-39-40-41-42-44-46-48-58(76)71-53(54(75)47-45-43-8-6-4-2)52-84-68-64(82)61(79)66(56(50-73)86-68)89-70-65(83)62(80)67(57(51-74)87-70)88-69-63(81)60(78)59(77)55(49-72)85-69/h45,47,53-57,59-70,72-75,77-83H,3-44,46,48-52H2,1-2H3,(H,71,76)/b47-45+. The molecule has 0 aromatic heterocycles. The summed E-state index contributed by atoms with van der Waals surface area (Å²) >= 11 is 0. The van der Waals surface area contributed by atoms with Crippen LogP contribution < -0.4 is 5.32 Å². The smallest absolute Gasteiger partial charge is 0.220 e. The third kappa shape index (κ3) is 34.7. The average molecular weight is 1280 g/mol. The van der Waals surface area contributed by atoms with Crippen molar-refractivity contribution >= 4 is 5.91 Å². The molecule has 0 spiro atoms. The first-order chi connectivity index (χ1) is 43.3. The lowest BCUT2D eigenvalue weighted by Gasteiger charge is -2.48. The highest BCUT2D eigenvalue weighted by Crippen LogP contribution is 2.33. The molecule has 89 heavy (non-hydrogen) atoms. The SMILES string of the molecule is CCCCC/C=C/C(O)C(COC1OC(CO)C(OC2OC(CO)C(OC3OC(CO)C(O)C(O)C3O)C(O)C2O)C(O)C1O)NC(=O)CCCCCCCCCCCCCCCCCCCCCCCCCCCCCCCCCCCCCCCCC. The van der Waals surface area contributed by atoms with Gasteiger partial charge < -0.3 is 89.9 Å².